The largest absolute Gasteiger partial charge is 0.376 e. The highest BCUT2D eigenvalue weighted by atomic mass is 32.2. The van der Waals surface area contributed by atoms with Crippen molar-refractivity contribution in [2.24, 2.45) is 0 Å². The van der Waals surface area contributed by atoms with Crippen LogP contribution in [0.25, 0.3) is 0 Å². The highest BCUT2D eigenvalue weighted by Crippen LogP contribution is 2.16. The summed E-state index contributed by atoms with van der Waals surface area (Å²) in [4.78, 5) is 24.1. The van der Waals surface area contributed by atoms with Crippen molar-refractivity contribution in [2.75, 3.05) is 32.8 Å². The van der Waals surface area contributed by atoms with Gasteiger partial charge in [-0.1, -0.05) is 13.8 Å². The van der Waals surface area contributed by atoms with Crippen LogP contribution in [0, 0.1) is 0 Å². The Morgan fingerprint density at radius 3 is 2.37 bits per heavy atom. The molecule has 2 N–H and O–H groups in total. The van der Waals surface area contributed by atoms with Crippen LogP contribution >= 0.6 is 0 Å². The average Bonchev–Trinajstić information content (AvgIpc) is 3.19. The van der Waals surface area contributed by atoms with Crippen LogP contribution in [0.1, 0.15) is 37.0 Å². The zero-order valence-electron chi connectivity index (χ0n) is 15.7. The number of carbonyl (C=O) groups excluding carboxylic acids is 2. The number of amides is 2. The van der Waals surface area contributed by atoms with E-state index in [0.717, 1.165) is 19.4 Å². The molecule has 27 heavy (non-hydrogen) atoms. The molecule has 0 spiro atoms. The molecule has 1 saturated heterocycles. The van der Waals surface area contributed by atoms with Gasteiger partial charge in [0.15, 0.2) is 0 Å². The summed E-state index contributed by atoms with van der Waals surface area (Å²) in [5.41, 5.74) is 0.292. The van der Waals surface area contributed by atoms with Crippen molar-refractivity contribution in [3.63, 3.8) is 0 Å². The molecule has 1 unspecified atom stereocenters. The Bertz CT molecular complexity index is 739. The van der Waals surface area contributed by atoms with E-state index in [0.29, 0.717) is 25.2 Å². The SMILES string of the molecule is CCN(CC)S(=O)(=O)c1ccc(C(=O)NCC(=O)NCC2CCCO2)cc1. The summed E-state index contributed by atoms with van der Waals surface area (Å²) in [6.07, 6.45) is 1.97. The topological polar surface area (TPSA) is 105 Å². The quantitative estimate of drug-likeness (QED) is 0.640. The molecule has 0 saturated carbocycles. The second kappa shape index (κ2) is 9.82. The Morgan fingerprint density at radius 2 is 1.81 bits per heavy atom. The van der Waals surface area contributed by atoms with Gasteiger partial charge in [-0.05, 0) is 37.1 Å². The first-order valence-corrected chi connectivity index (χ1v) is 10.6. The Kier molecular flexibility index (Phi) is 7.76. The standard InChI is InChI=1S/C18H27N3O5S/c1-3-21(4-2)27(24,25)16-9-7-14(8-10-16)18(23)20-13-17(22)19-12-15-6-5-11-26-15/h7-10,15H,3-6,11-13H2,1-2H3,(H,19,22)(H,20,23). The summed E-state index contributed by atoms with van der Waals surface area (Å²) in [6.45, 7) is 5.30. The van der Waals surface area contributed by atoms with Crippen LogP contribution in [0.5, 0.6) is 0 Å². The molecule has 8 nitrogen and oxygen atoms in total. The fourth-order valence-corrected chi connectivity index (χ4v) is 4.31. The lowest BCUT2D eigenvalue weighted by molar-refractivity contribution is -0.120. The van der Waals surface area contributed by atoms with E-state index in [9.17, 15) is 18.0 Å². The molecule has 2 rings (SSSR count). The lowest BCUT2D eigenvalue weighted by atomic mass is 10.2. The summed E-state index contributed by atoms with van der Waals surface area (Å²) >= 11 is 0. The Labute approximate surface area is 160 Å². The van der Waals surface area contributed by atoms with Crippen molar-refractivity contribution in [3.8, 4) is 0 Å². The van der Waals surface area contributed by atoms with Crippen molar-refractivity contribution in [1.82, 2.24) is 14.9 Å². The van der Waals surface area contributed by atoms with Gasteiger partial charge in [0.2, 0.25) is 15.9 Å². The number of nitrogens with zero attached hydrogens (tertiary/aromatic N) is 1. The van der Waals surface area contributed by atoms with Gasteiger partial charge >= 0.3 is 0 Å². The van der Waals surface area contributed by atoms with Gasteiger partial charge in [0.25, 0.3) is 5.91 Å². The predicted octanol–water partition coefficient (Wildman–Crippen LogP) is 0.742. The van der Waals surface area contributed by atoms with E-state index in [2.05, 4.69) is 10.6 Å². The third kappa shape index (κ3) is 5.75. The number of benzene rings is 1. The summed E-state index contributed by atoms with van der Waals surface area (Å²) in [5, 5.41) is 5.25. The highest BCUT2D eigenvalue weighted by molar-refractivity contribution is 7.89. The van der Waals surface area contributed by atoms with E-state index in [1.807, 2.05) is 0 Å². The predicted molar refractivity (Wildman–Crippen MR) is 101 cm³/mol. The molecule has 1 fully saturated rings. The second-order valence-corrected chi connectivity index (χ2v) is 8.17. The smallest absolute Gasteiger partial charge is 0.251 e. The molecule has 9 heteroatoms. The minimum Gasteiger partial charge on any atom is -0.376 e. The van der Waals surface area contributed by atoms with Gasteiger partial charge < -0.3 is 15.4 Å². The first kappa shape index (κ1) is 21.3. The summed E-state index contributed by atoms with van der Waals surface area (Å²) in [7, 11) is -3.56. The van der Waals surface area contributed by atoms with Gasteiger partial charge in [-0.25, -0.2) is 8.42 Å². The number of ether oxygens (including phenoxy) is 1. The monoisotopic (exact) mass is 397 g/mol. The molecule has 0 aromatic heterocycles. The number of hydrogen-bond donors (Lipinski definition) is 2. The molecule has 150 valence electrons. The molecule has 1 aliphatic rings. The summed E-state index contributed by atoms with van der Waals surface area (Å²) < 4.78 is 31.6. The third-order valence-electron chi connectivity index (χ3n) is 4.42. The fraction of sp³-hybridized carbons (Fsp3) is 0.556. The van der Waals surface area contributed by atoms with Gasteiger partial charge in [-0.3, -0.25) is 9.59 Å². The zero-order valence-corrected chi connectivity index (χ0v) is 16.5. The normalized spacial score (nSPS) is 17.1. The van der Waals surface area contributed by atoms with Gasteiger partial charge in [0, 0.05) is 31.8 Å². The van der Waals surface area contributed by atoms with Crippen LogP contribution in [0.4, 0.5) is 0 Å². The number of rotatable bonds is 9. The second-order valence-electron chi connectivity index (χ2n) is 6.24. The number of carbonyl (C=O) groups is 2. The van der Waals surface area contributed by atoms with E-state index in [-0.39, 0.29) is 23.5 Å². The van der Waals surface area contributed by atoms with Crippen LogP contribution in [0.3, 0.4) is 0 Å². The Morgan fingerprint density at radius 1 is 1.15 bits per heavy atom. The fourth-order valence-electron chi connectivity index (χ4n) is 2.85. The lowest BCUT2D eigenvalue weighted by Gasteiger charge is -2.18. The average molecular weight is 397 g/mol. The van der Waals surface area contributed by atoms with Crippen molar-refractivity contribution in [3.05, 3.63) is 29.8 Å². The van der Waals surface area contributed by atoms with Crippen molar-refractivity contribution in [2.45, 2.75) is 37.7 Å². The Balaban J connectivity index is 1.86. The molecule has 0 bridgehead atoms. The maximum atomic E-state index is 12.4. The zero-order chi connectivity index (χ0) is 19.9. The lowest BCUT2D eigenvalue weighted by Crippen LogP contribution is -2.39. The number of hydrogen-bond acceptors (Lipinski definition) is 5. The molecular formula is C18H27N3O5S. The van der Waals surface area contributed by atoms with Gasteiger partial charge in [0.1, 0.15) is 0 Å². The molecule has 1 atom stereocenters. The van der Waals surface area contributed by atoms with E-state index in [4.69, 9.17) is 4.74 Å². The number of sulfonamides is 1. The first-order chi connectivity index (χ1) is 12.9. The van der Waals surface area contributed by atoms with Crippen LogP contribution < -0.4 is 10.6 Å². The summed E-state index contributed by atoms with van der Waals surface area (Å²) in [6, 6.07) is 5.69. The minimum atomic E-state index is -3.56. The third-order valence-corrected chi connectivity index (χ3v) is 6.48. The van der Waals surface area contributed by atoms with Gasteiger partial charge in [-0.2, -0.15) is 4.31 Å². The van der Waals surface area contributed by atoms with E-state index in [1.54, 1.807) is 13.8 Å². The molecule has 1 aromatic rings. The molecule has 2 amide bonds. The van der Waals surface area contributed by atoms with E-state index in [1.165, 1.54) is 28.6 Å². The number of nitrogens with one attached hydrogen (secondary N) is 2. The maximum absolute atomic E-state index is 12.4. The van der Waals surface area contributed by atoms with Crippen molar-refractivity contribution >= 4 is 21.8 Å². The highest BCUT2D eigenvalue weighted by Gasteiger charge is 2.22. The van der Waals surface area contributed by atoms with E-state index >= 15 is 0 Å². The van der Waals surface area contributed by atoms with Crippen LogP contribution in [-0.2, 0) is 19.6 Å². The molecule has 0 aliphatic carbocycles. The van der Waals surface area contributed by atoms with Gasteiger partial charge in [0.05, 0.1) is 17.5 Å². The summed E-state index contributed by atoms with van der Waals surface area (Å²) in [5.74, 6) is -0.728. The molecule has 0 radical (unpaired) electrons. The van der Waals surface area contributed by atoms with Crippen LogP contribution in [0.2, 0.25) is 0 Å². The van der Waals surface area contributed by atoms with Crippen LogP contribution in [-0.4, -0.2) is 63.4 Å². The molecule has 1 aliphatic heterocycles. The Hall–Kier alpha value is -1.97. The first-order valence-electron chi connectivity index (χ1n) is 9.15. The minimum absolute atomic E-state index is 0.0463. The molecule has 1 heterocycles. The van der Waals surface area contributed by atoms with Gasteiger partial charge in [-0.15, -0.1) is 0 Å². The van der Waals surface area contributed by atoms with Crippen LogP contribution in [0.15, 0.2) is 29.2 Å². The van der Waals surface area contributed by atoms with Crippen molar-refractivity contribution in [1.29, 1.82) is 0 Å². The molecular weight excluding hydrogens is 370 g/mol. The maximum Gasteiger partial charge on any atom is 0.251 e. The molecule has 1 aromatic carbocycles. The van der Waals surface area contributed by atoms with E-state index < -0.39 is 15.9 Å². The van der Waals surface area contributed by atoms with Crippen molar-refractivity contribution < 1.29 is 22.7 Å².